The fraction of sp³-hybridized carbons (Fsp3) is 0.182. The average Bonchev–Trinajstić information content (AvgIpc) is 2.61. The summed E-state index contributed by atoms with van der Waals surface area (Å²) in [6.45, 7) is 2.52. The Labute approximate surface area is 92.7 Å². The topological polar surface area (TPSA) is 48.1 Å². The number of ether oxygens (including phenoxy) is 1. The average molecular weight is 220 g/mol. The van der Waals surface area contributed by atoms with Crippen LogP contribution in [0, 0.1) is 6.92 Å². The molecule has 0 saturated heterocycles. The van der Waals surface area contributed by atoms with Gasteiger partial charge in [-0.1, -0.05) is 12.1 Å². The Kier molecular flexibility index (Phi) is 2.87. The Morgan fingerprint density at radius 2 is 2.33 bits per heavy atom. The van der Waals surface area contributed by atoms with Crippen LogP contribution in [0.2, 0.25) is 0 Å². The summed E-state index contributed by atoms with van der Waals surface area (Å²) < 4.78 is 9.59. The lowest BCUT2D eigenvalue weighted by molar-refractivity contribution is 0.310. The molecule has 2 N–H and O–H groups in total. The van der Waals surface area contributed by atoms with Gasteiger partial charge in [-0.15, -0.1) is 0 Å². The Balaban J connectivity index is 2.02. The van der Waals surface area contributed by atoms with Gasteiger partial charge in [0.05, 0.1) is 16.8 Å². The molecule has 0 aliphatic rings. The van der Waals surface area contributed by atoms with E-state index in [9.17, 15) is 0 Å². The maximum absolute atomic E-state index is 5.70. The van der Waals surface area contributed by atoms with Gasteiger partial charge in [-0.3, -0.25) is 0 Å². The number of nitrogen functional groups attached to an aromatic ring is 1. The molecule has 0 saturated carbocycles. The van der Waals surface area contributed by atoms with Crippen LogP contribution in [0.5, 0.6) is 5.75 Å². The first-order chi connectivity index (χ1) is 7.25. The molecular formula is C11H12N2OS. The van der Waals surface area contributed by atoms with Crippen LogP contribution in [-0.4, -0.2) is 4.37 Å². The van der Waals surface area contributed by atoms with Gasteiger partial charge in [-0.25, -0.2) is 0 Å². The molecule has 0 aliphatic carbocycles. The standard InChI is InChI=1S/C11H12N2OS/c1-8-3-2-4-9(5-8)14-7-11-10(12)6-13-15-11/h2-6H,7,12H2,1H3. The van der Waals surface area contributed by atoms with Crippen molar-refractivity contribution in [2.24, 2.45) is 0 Å². The SMILES string of the molecule is Cc1cccc(OCc2sncc2N)c1. The molecule has 0 fully saturated rings. The van der Waals surface area contributed by atoms with Crippen molar-refractivity contribution >= 4 is 17.2 Å². The molecule has 0 aliphatic heterocycles. The molecule has 1 aromatic carbocycles. The van der Waals surface area contributed by atoms with E-state index in [0.29, 0.717) is 12.3 Å². The molecule has 1 heterocycles. The first kappa shape index (κ1) is 9.98. The fourth-order valence-electron chi connectivity index (χ4n) is 1.24. The Bertz CT molecular complexity index is 453. The summed E-state index contributed by atoms with van der Waals surface area (Å²) in [6, 6.07) is 7.94. The lowest BCUT2D eigenvalue weighted by Gasteiger charge is -2.05. The third-order valence-corrected chi connectivity index (χ3v) is 2.82. The van der Waals surface area contributed by atoms with Crippen LogP contribution in [0.4, 0.5) is 5.69 Å². The van der Waals surface area contributed by atoms with Gasteiger partial charge >= 0.3 is 0 Å². The van der Waals surface area contributed by atoms with E-state index in [1.807, 2.05) is 31.2 Å². The molecule has 15 heavy (non-hydrogen) atoms. The number of nitrogens with two attached hydrogens (primary N) is 1. The summed E-state index contributed by atoms with van der Waals surface area (Å²) in [4.78, 5) is 0.969. The van der Waals surface area contributed by atoms with Crippen LogP contribution in [0.25, 0.3) is 0 Å². The van der Waals surface area contributed by atoms with E-state index in [1.54, 1.807) is 6.20 Å². The molecule has 0 spiro atoms. The van der Waals surface area contributed by atoms with Gasteiger partial charge in [-0.2, -0.15) is 4.37 Å². The molecular weight excluding hydrogens is 208 g/mol. The summed E-state index contributed by atoms with van der Waals surface area (Å²) >= 11 is 1.37. The first-order valence-corrected chi connectivity index (χ1v) is 5.41. The normalized spacial score (nSPS) is 10.2. The highest BCUT2D eigenvalue weighted by Gasteiger charge is 2.02. The van der Waals surface area contributed by atoms with E-state index in [2.05, 4.69) is 4.37 Å². The highest BCUT2D eigenvalue weighted by Crippen LogP contribution is 2.19. The second-order valence-corrected chi connectivity index (χ2v) is 4.20. The zero-order chi connectivity index (χ0) is 10.7. The Morgan fingerprint density at radius 1 is 1.47 bits per heavy atom. The van der Waals surface area contributed by atoms with Crippen LogP contribution in [-0.2, 0) is 6.61 Å². The predicted molar refractivity (Wildman–Crippen MR) is 62.0 cm³/mol. The fourth-order valence-corrected chi connectivity index (χ4v) is 1.80. The van der Waals surface area contributed by atoms with Gasteiger partial charge in [0, 0.05) is 0 Å². The van der Waals surface area contributed by atoms with E-state index < -0.39 is 0 Å². The molecule has 2 rings (SSSR count). The second-order valence-electron chi connectivity index (χ2n) is 3.31. The van der Waals surface area contributed by atoms with Crippen molar-refractivity contribution in [1.82, 2.24) is 4.37 Å². The van der Waals surface area contributed by atoms with Crippen molar-refractivity contribution in [3.8, 4) is 5.75 Å². The van der Waals surface area contributed by atoms with E-state index in [4.69, 9.17) is 10.5 Å². The summed E-state index contributed by atoms with van der Waals surface area (Å²) in [7, 11) is 0. The molecule has 0 radical (unpaired) electrons. The monoisotopic (exact) mass is 220 g/mol. The van der Waals surface area contributed by atoms with Crippen molar-refractivity contribution in [2.75, 3.05) is 5.73 Å². The smallest absolute Gasteiger partial charge is 0.126 e. The second kappa shape index (κ2) is 4.31. The summed E-state index contributed by atoms with van der Waals surface area (Å²) in [5, 5.41) is 0. The molecule has 2 aromatic rings. The first-order valence-electron chi connectivity index (χ1n) is 4.64. The summed E-state index contributed by atoms with van der Waals surface area (Å²) in [5.41, 5.74) is 7.59. The van der Waals surface area contributed by atoms with E-state index >= 15 is 0 Å². The number of hydrogen-bond donors (Lipinski definition) is 1. The molecule has 1 aromatic heterocycles. The van der Waals surface area contributed by atoms with Crippen molar-refractivity contribution in [3.63, 3.8) is 0 Å². The quantitative estimate of drug-likeness (QED) is 0.865. The minimum absolute atomic E-state index is 0.486. The summed E-state index contributed by atoms with van der Waals surface area (Å²) in [5.74, 6) is 0.864. The lowest BCUT2D eigenvalue weighted by Crippen LogP contribution is -1.96. The highest BCUT2D eigenvalue weighted by molar-refractivity contribution is 7.06. The zero-order valence-corrected chi connectivity index (χ0v) is 9.25. The van der Waals surface area contributed by atoms with E-state index in [1.165, 1.54) is 17.1 Å². The minimum Gasteiger partial charge on any atom is -0.488 e. The van der Waals surface area contributed by atoms with E-state index in [-0.39, 0.29) is 0 Å². The number of nitrogens with zero attached hydrogens (tertiary/aromatic N) is 1. The highest BCUT2D eigenvalue weighted by atomic mass is 32.1. The van der Waals surface area contributed by atoms with Crippen LogP contribution in [0.15, 0.2) is 30.5 Å². The molecule has 4 heteroatoms. The van der Waals surface area contributed by atoms with Gasteiger partial charge in [0.15, 0.2) is 0 Å². The Hall–Kier alpha value is -1.55. The molecule has 0 unspecified atom stereocenters. The van der Waals surface area contributed by atoms with Crippen molar-refractivity contribution < 1.29 is 4.74 Å². The number of benzene rings is 1. The molecule has 0 atom stereocenters. The number of aryl methyl sites for hydroxylation is 1. The molecule has 3 nitrogen and oxygen atoms in total. The largest absolute Gasteiger partial charge is 0.488 e. The van der Waals surface area contributed by atoms with Gasteiger partial charge in [0.25, 0.3) is 0 Å². The van der Waals surface area contributed by atoms with Gasteiger partial charge in [-0.05, 0) is 36.2 Å². The maximum atomic E-state index is 5.70. The Morgan fingerprint density at radius 3 is 3.00 bits per heavy atom. The zero-order valence-electron chi connectivity index (χ0n) is 8.43. The van der Waals surface area contributed by atoms with Gasteiger partial charge < -0.3 is 10.5 Å². The molecule has 78 valence electrons. The molecule has 0 bridgehead atoms. The van der Waals surface area contributed by atoms with Gasteiger partial charge in [0.2, 0.25) is 0 Å². The van der Waals surface area contributed by atoms with Crippen molar-refractivity contribution in [1.29, 1.82) is 0 Å². The van der Waals surface area contributed by atoms with Gasteiger partial charge in [0.1, 0.15) is 12.4 Å². The van der Waals surface area contributed by atoms with Crippen LogP contribution < -0.4 is 10.5 Å². The number of aromatic nitrogens is 1. The third kappa shape index (κ3) is 2.47. The van der Waals surface area contributed by atoms with Crippen LogP contribution in [0.3, 0.4) is 0 Å². The third-order valence-electron chi connectivity index (χ3n) is 2.04. The van der Waals surface area contributed by atoms with Crippen LogP contribution >= 0.6 is 11.5 Å². The molecule has 0 amide bonds. The van der Waals surface area contributed by atoms with Crippen molar-refractivity contribution in [2.45, 2.75) is 13.5 Å². The number of anilines is 1. The van der Waals surface area contributed by atoms with E-state index in [0.717, 1.165) is 10.6 Å². The maximum Gasteiger partial charge on any atom is 0.126 e. The van der Waals surface area contributed by atoms with Crippen LogP contribution in [0.1, 0.15) is 10.4 Å². The number of rotatable bonds is 3. The lowest BCUT2D eigenvalue weighted by atomic mass is 10.2. The van der Waals surface area contributed by atoms with Crippen molar-refractivity contribution in [3.05, 3.63) is 40.9 Å². The predicted octanol–water partition coefficient (Wildman–Crippen LogP) is 2.61. The minimum atomic E-state index is 0.486. The summed E-state index contributed by atoms with van der Waals surface area (Å²) in [6.07, 6.45) is 1.65. The number of hydrogen-bond acceptors (Lipinski definition) is 4.